The number of carboxylic acid groups (broad SMARTS) is 1. The van der Waals surface area contributed by atoms with Gasteiger partial charge >= 0.3 is 12.1 Å². The van der Waals surface area contributed by atoms with Crippen molar-refractivity contribution in [2.75, 3.05) is 20.3 Å². The number of ether oxygens (including phenoxy) is 1. The zero-order valence-electron chi connectivity index (χ0n) is 16.8. The molecule has 170 valence electrons. The van der Waals surface area contributed by atoms with Gasteiger partial charge in [0, 0.05) is 37.8 Å². The van der Waals surface area contributed by atoms with Crippen molar-refractivity contribution >= 4 is 11.9 Å². The van der Waals surface area contributed by atoms with Crippen molar-refractivity contribution in [3.63, 3.8) is 0 Å². The third-order valence-electron chi connectivity index (χ3n) is 4.96. The Morgan fingerprint density at radius 2 is 2.16 bits per heavy atom. The van der Waals surface area contributed by atoms with Gasteiger partial charge in [0.25, 0.3) is 5.91 Å². The maximum atomic E-state index is 12.8. The first-order valence-electron chi connectivity index (χ1n) is 9.42. The smallest absolute Gasteiger partial charge is 0.475 e. The summed E-state index contributed by atoms with van der Waals surface area (Å²) in [6.45, 7) is 2.00. The number of fused-ring (bicyclic) bond motifs is 1. The molecular weight excluding hydrogens is 433 g/mol. The molecule has 2 aromatic heterocycles. The fraction of sp³-hybridized carbons (Fsp3) is 0.421. The van der Waals surface area contributed by atoms with Gasteiger partial charge in [0.05, 0.1) is 24.6 Å². The molecule has 0 radical (unpaired) electrons. The number of nitriles is 1. The van der Waals surface area contributed by atoms with Crippen molar-refractivity contribution in [3.05, 3.63) is 41.3 Å². The highest BCUT2D eigenvalue weighted by Crippen LogP contribution is 2.27. The molecule has 13 heteroatoms. The maximum absolute atomic E-state index is 12.8. The van der Waals surface area contributed by atoms with Gasteiger partial charge in [-0.1, -0.05) is 6.07 Å². The van der Waals surface area contributed by atoms with Gasteiger partial charge in [-0.05, 0) is 12.5 Å². The highest BCUT2D eigenvalue weighted by Gasteiger charge is 2.39. The molecule has 4 rings (SSSR count). The number of nitrogens with one attached hydrogen (secondary N) is 1. The van der Waals surface area contributed by atoms with E-state index < -0.39 is 12.1 Å². The van der Waals surface area contributed by atoms with Crippen LogP contribution in [0, 0.1) is 11.3 Å². The van der Waals surface area contributed by atoms with E-state index in [0.717, 1.165) is 18.5 Å². The minimum atomic E-state index is -5.08. The molecule has 0 unspecified atom stereocenters. The van der Waals surface area contributed by atoms with E-state index in [0.29, 0.717) is 30.2 Å². The first kappa shape index (κ1) is 23.2. The number of carboxylic acids is 1. The van der Waals surface area contributed by atoms with Crippen LogP contribution in [0.3, 0.4) is 0 Å². The highest BCUT2D eigenvalue weighted by molar-refractivity contribution is 5.96. The zero-order chi connectivity index (χ0) is 23.5. The first-order valence-corrected chi connectivity index (χ1v) is 9.42. The van der Waals surface area contributed by atoms with E-state index >= 15 is 0 Å². The second-order valence-electron chi connectivity index (χ2n) is 7.15. The number of amides is 1. The van der Waals surface area contributed by atoms with E-state index in [1.54, 1.807) is 13.3 Å². The van der Waals surface area contributed by atoms with E-state index in [4.69, 9.17) is 19.9 Å². The van der Waals surface area contributed by atoms with Crippen LogP contribution in [-0.2, 0) is 16.1 Å². The lowest BCUT2D eigenvalue weighted by Gasteiger charge is -2.22. The summed E-state index contributed by atoms with van der Waals surface area (Å²) >= 11 is 0. The highest BCUT2D eigenvalue weighted by atomic mass is 19.4. The van der Waals surface area contributed by atoms with Crippen LogP contribution in [0.15, 0.2) is 24.5 Å². The number of hydrogen-bond donors (Lipinski definition) is 2. The van der Waals surface area contributed by atoms with Crippen LogP contribution in [-0.4, -0.2) is 75.2 Å². The van der Waals surface area contributed by atoms with Gasteiger partial charge < -0.3 is 20.1 Å². The molecule has 2 N–H and O–H groups in total. The molecule has 2 aliphatic heterocycles. The lowest BCUT2D eigenvalue weighted by Crippen LogP contribution is -2.37. The Hall–Kier alpha value is -3.50. The van der Waals surface area contributed by atoms with Crippen LogP contribution in [0.5, 0.6) is 0 Å². The molecule has 1 fully saturated rings. The summed E-state index contributed by atoms with van der Waals surface area (Å²) < 4.78 is 38.4. The van der Waals surface area contributed by atoms with Gasteiger partial charge in [-0.25, -0.2) is 14.5 Å². The Morgan fingerprint density at radius 3 is 2.75 bits per heavy atom. The predicted molar refractivity (Wildman–Crippen MR) is 102 cm³/mol. The van der Waals surface area contributed by atoms with Gasteiger partial charge in [-0.15, -0.1) is 0 Å². The summed E-state index contributed by atoms with van der Waals surface area (Å²) in [5.41, 5.74) is 1.86. The van der Waals surface area contributed by atoms with E-state index in [-0.39, 0.29) is 18.0 Å². The fourth-order valence-electron chi connectivity index (χ4n) is 3.47. The molecule has 10 nitrogen and oxygen atoms in total. The molecule has 0 bridgehead atoms. The van der Waals surface area contributed by atoms with Crippen molar-refractivity contribution < 1.29 is 32.6 Å². The molecule has 2 aliphatic rings. The van der Waals surface area contributed by atoms with E-state index in [2.05, 4.69) is 15.4 Å². The van der Waals surface area contributed by atoms with Gasteiger partial charge in [0.15, 0.2) is 5.82 Å². The summed E-state index contributed by atoms with van der Waals surface area (Å²) in [5, 5.41) is 23.5. The van der Waals surface area contributed by atoms with Crippen molar-refractivity contribution in [2.45, 2.75) is 31.2 Å². The number of hydrogen-bond acceptors (Lipinski definition) is 7. The molecule has 0 saturated carbocycles. The largest absolute Gasteiger partial charge is 0.490 e. The lowest BCUT2D eigenvalue weighted by atomic mass is 10.1. The van der Waals surface area contributed by atoms with Gasteiger partial charge in [0.1, 0.15) is 11.8 Å². The van der Waals surface area contributed by atoms with Crippen molar-refractivity contribution in [3.8, 4) is 11.9 Å². The standard InChI is InChI=1S/C17H18N6O2.C2HF3O2/c1-25-10-13-4-14(7-19-13)22-9-12-2-3-15(21-16(12)17(22)24)23-8-11(5-18)6-20-23;3-2(4,5)1(6)7/h2-3,6,8,13-14,19H,4,7,9-10H2,1H3;(H,6,7)/t13-,14+;/m0./s1. The molecular formula is C19H19F3N6O4. The van der Waals surface area contributed by atoms with Crippen LogP contribution in [0.2, 0.25) is 0 Å². The Balaban J connectivity index is 0.000000360. The molecule has 2 atom stereocenters. The van der Waals surface area contributed by atoms with E-state index in [1.165, 1.54) is 10.9 Å². The van der Waals surface area contributed by atoms with Crippen molar-refractivity contribution in [1.82, 2.24) is 25.0 Å². The van der Waals surface area contributed by atoms with Crippen LogP contribution >= 0.6 is 0 Å². The van der Waals surface area contributed by atoms with Crippen LogP contribution in [0.1, 0.15) is 28.0 Å². The predicted octanol–water partition coefficient (Wildman–Crippen LogP) is 1.10. The quantitative estimate of drug-likeness (QED) is 0.705. The average Bonchev–Trinajstić information content (AvgIpc) is 3.47. The Bertz CT molecular complexity index is 1050. The number of nitrogens with zero attached hydrogens (tertiary/aromatic N) is 5. The Kier molecular flexibility index (Phi) is 6.75. The number of methoxy groups -OCH3 is 1. The fourth-order valence-corrected chi connectivity index (χ4v) is 3.47. The summed E-state index contributed by atoms with van der Waals surface area (Å²) in [6.07, 6.45) is -1.13. The van der Waals surface area contributed by atoms with Crippen LogP contribution in [0.25, 0.3) is 5.82 Å². The summed E-state index contributed by atoms with van der Waals surface area (Å²) in [6, 6.07) is 6.21. The first-order chi connectivity index (χ1) is 15.1. The van der Waals surface area contributed by atoms with Gasteiger partial charge in [-0.2, -0.15) is 23.5 Å². The number of aromatic nitrogens is 3. The molecule has 0 spiro atoms. The van der Waals surface area contributed by atoms with E-state index in [9.17, 15) is 18.0 Å². The van der Waals surface area contributed by atoms with Crippen molar-refractivity contribution in [1.29, 1.82) is 5.26 Å². The summed E-state index contributed by atoms with van der Waals surface area (Å²) in [7, 11) is 1.68. The van der Waals surface area contributed by atoms with Gasteiger partial charge in [-0.3, -0.25) is 4.79 Å². The summed E-state index contributed by atoms with van der Waals surface area (Å²) in [4.78, 5) is 28.1. The number of alkyl halides is 3. The number of rotatable bonds is 4. The second kappa shape index (κ2) is 9.33. The van der Waals surface area contributed by atoms with Crippen LogP contribution < -0.4 is 5.32 Å². The number of aliphatic carboxylic acids is 1. The van der Waals surface area contributed by atoms with E-state index in [1.807, 2.05) is 23.1 Å². The Morgan fingerprint density at radius 1 is 1.44 bits per heavy atom. The maximum Gasteiger partial charge on any atom is 0.490 e. The molecule has 2 aromatic rings. The van der Waals surface area contributed by atoms with Crippen LogP contribution in [0.4, 0.5) is 13.2 Å². The third-order valence-corrected chi connectivity index (χ3v) is 4.96. The normalized spacial score (nSPS) is 19.8. The Labute approximate surface area is 180 Å². The number of pyridine rings is 1. The monoisotopic (exact) mass is 452 g/mol. The zero-order valence-corrected chi connectivity index (χ0v) is 16.8. The average molecular weight is 452 g/mol. The second-order valence-corrected chi connectivity index (χ2v) is 7.15. The molecule has 0 aliphatic carbocycles. The molecule has 4 heterocycles. The third kappa shape index (κ3) is 5.04. The molecule has 0 aromatic carbocycles. The number of carbonyl (C=O) groups is 2. The molecule has 32 heavy (non-hydrogen) atoms. The van der Waals surface area contributed by atoms with Gasteiger partial charge in [0.2, 0.25) is 0 Å². The summed E-state index contributed by atoms with van der Waals surface area (Å²) in [5.74, 6) is -2.26. The topological polar surface area (TPSA) is 133 Å². The lowest BCUT2D eigenvalue weighted by molar-refractivity contribution is -0.192. The minimum Gasteiger partial charge on any atom is -0.475 e. The molecule has 1 amide bonds. The number of halogens is 3. The number of carbonyl (C=O) groups excluding carboxylic acids is 1. The van der Waals surface area contributed by atoms with Crippen molar-refractivity contribution in [2.24, 2.45) is 0 Å². The minimum absolute atomic E-state index is 0.0469. The SMILES string of the molecule is COC[C@@H]1C[C@@H](N2Cc3ccc(-n4cc(C#N)cn4)nc3C2=O)CN1.O=C(O)C(F)(F)F. The molecule has 1 saturated heterocycles.